The maximum atomic E-state index is 12.9. The van der Waals surface area contributed by atoms with Crippen LogP contribution in [-0.4, -0.2) is 60.4 Å². The van der Waals surface area contributed by atoms with Gasteiger partial charge in [0.1, 0.15) is 17.9 Å². The molecule has 0 spiro atoms. The van der Waals surface area contributed by atoms with Crippen LogP contribution in [0.4, 0.5) is 0 Å². The topological polar surface area (TPSA) is 98.8 Å². The lowest BCUT2D eigenvalue weighted by atomic mass is 9.51. The van der Waals surface area contributed by atoms with E-state index in [2.05, 4.69) is 5.32 Å². The third-order valence-corrected chi connectivity index (χ3v) is 7.74. The number of hydrogen-bond acceptors (Lipinski definition) is 6. The summed E-state index contributed by atoms with van der Waals surface area (Å²) in [7, 11) is 1.78. The number of benzene rings is 1. The van der Waals surface area contributed by atoms with Crippen LogP contribution >= 0.6 is 23.2 Å². The van der Waals surface area contributed by atoms with Crippen molar-refractivity contribution in [1.29, 1.82) is 0 Å². The van der Waals surface area contributed by atoms with Crippen LogP contribution in [0.5, 0.6) is 0 Å². The normalized spacial score (nSPS) is 29.5. The molecule has 0 saturated carbocycles. The van der Waals surface area contributed by atoms with Gasteiger partial charge in [-0.15, -0.1) is 0 Å². The van der Waals surface area contributed by atoms with Gasteiger partial charge in [-0.05, 0) is 50.2 Å². The van der Waals surface area contributed by atoms with Crippen molar-refractivity contribution in [3.63, 3.8) is 0 Å². The monoisotopic (exact) mass is 498 g/mol. The van der Waals surface area contributed by atoms with Gasteiger partial charge in [-0.3, -0.25) is 9.59 Å². The SMILES string of the molecule is CC(C)C[C@H](CC(=O)CNC(=O)c1cc(Cl)ccc1Cl)[B-]12OC(=O)[C@H](C)[N+]1(C)[C@@H](C)C(=O)O2. The fraction of sp³-hybridized carbons (Fsp3) is 0.545. The second kappa shape index (κ2) is 9.27. The number of Topliss-reactive ketones (excluding diaryl/α,β-unsaturated/α-hetero) is 1. The van der Waals surface area contributed by atoms with Gasteiger partial charge in [0.15, 0.2) is 0 Å². The molecule has 3 rings (SSSR count). The third kappa shape index (κ3) is 4.38. The second-order valence-corrected chi connectivity index (χ2v) is 10.5. The zero-order chi connectivity index (χ0) is 24.7. The summed E-state index contributed by atoms with van der Waals surface area (Å²) in [4.78, 5) is 50.6. The van der Waals surface area contributed by atoms with Crippen molar-refractivity contribution in [2.45, 2.75) is 58.4 Å². The minimum atomic E-state index is -2.44. The lowest BCUT2D eigenvalue weighted by molar-refractivity contribution is -0.840. The average Bonchev–Trinajstić information content (AvgIpc) is 3.06. The molecule has 2 fully saturated rings. The molecular formula is C22H29BCl2N2O6. The molecule has 3 atom stereocenters. The molecule has 2 aliphatic heterocycles. The van der Waals surface area contributed by atoms with Crippen molar-refractivity contribution in [3.8, 4) is 0 Å². The largest absolute Gasteiger partial charge is 0.600 e. The highest BCUT2D eigenvalue weighted by Crippen LogP contribution is 2.50. The van der Waals surface area contributed by atoms with Crippen LogP contribution < -0.4 is 5.32 Å². The highest BCUT2D eigenvalue weighted by Gasteiger charge is 2.74. The summed E-state index contributed by atoms with van der Waals surface area (Å²) in [6.07, 6.45) is 0.489. The number of carbonyl (C=O) groups excluding carboxylic acids is 4. The van der Waals surface area contributed by atoms with E-state index in [1.54, 1.807) is 27.0 Å². The maximum Gasteiger partial charge on any atom is 0.587 e. The molecule has 1 aromatic rings. The highest BCUT2D eigenvalue weighted by molar-refractivity contribution is 6.68. The van der Waals surface area contributed by atoms with Crippen LogP contribution in [0.15, 0.2) is 18.2 Å². The summed E-state index contributed by atoms with van der Waals surface area (Å²) in [5, 5.41) is 3.14. The number of nitrogens with one attached hydrogen (secondary N) is 1. The van der Waals surface area contributed by atoms with Gasteiger partial charge in [-0.2, -0.15) is 0 Å². The van der Waals surface area contributed by atoms with Gasteiger partial charge in [-0.25, -0.2) is 9.59 Å². The summed E-state index contributed by atoms with van der Waals surface area (Å²) in [6, 6.07) is 3.30. The van der Waals surface area contributed by atoms with Crippen LogP contribution in [-0.2, 0) is 23.7 Å². The van der Waals surface area contributed by atoms with Crippen molar-refractivity contribution < 1.29 is 32.9 Å². The Kier molecular flexibility index (Phi) is 7.17. The first-order chi connectivity index (χ1) is 15.3. The smallest absolute Gasteiger partial charge is 0.587 e. The molecule has 2 aliphatic rings. The number of nitrogens with zero attached hydrogens (tertiary/aromatic N) is 1. The van der Waals surface area contributed by atoms with E-state index < -0.39 is 42.4 Å². The molecule has 0 aromatic heterocycles. The van der Waals surface area contributed by atoms with E-state index in [1.165, 1.54) is 12.1 Å². The summed E-state index contributed by atoms with van der Waals surface area (Å²) in [5.74, 6) is -2.05. The standard InChI is InChI=1S/C22H29BCl2N2O6/c1-12(2)8-15(23-27(5,13(3)21(30)32-23)14(4)22(31)33-23)9-17(28)11-26-20(29)18-10-16(24)6-7-19(18)25/h6-7,10,12-15H,8-9,11H2,1-5H3,(H,26,29)/t13-,14-,15+,23?,27?/m0/s1. The fourth-order valence-electron chi connectivity index (χ4n) is 5.16. The van der Waals surface area contributed by atoms with Gasteiger partial charge < -0.3 is 19.0 Å². The van der Waals surface area contributed by atoms with Gasteiger partial charge in [0, 0.05) is 12.1 Å². The molecule has 0 bridgehead atoms. The summed E-state index contributed by atoms with van der Waals surface area (Å²) < 4.78 is 11.6. The van der Waals surface area contributed by atoms with Gasteiger partial charge in [0.05, 0.1) is 17.1 Å². The van der Waals surface area contributed by atoms with E-state index in [9.17, 15) is 19.2 Å². The molecule has 33 heavy (non-hydrogen) atoms. The van der Waals surface area contributed by atoms with E-state index in [1.807, 2.05) is 13.8 Å². The van der Waals surface area contributed by atoms with Crippen LogP contribution in [0.2, 0.25) is 15.9 Å². The molecule has 1 N–H and O–H groups in total. The molecule has 11 heteroatoms. The number of quaternary nitrogens is 1. The maximum absolute atomic E-state index is 12.9. The number of likely N-dealkylation sites (N-methyl/N-ethyl adjacent to an activating group) is 1. The molecule has 1 aromatic carbocycles. The van der Waals surface area contributed by atoms with Gasteiger partial charge in [0.2, 0.25) is 0 Å². The van der Waals surface area contributed by atoms with Gasteiger partial charge in [-0.1, -0.05) is 43.5 Å². The zero-order valence-corrected chi connectivity index (χ0v) is 20.9. The Bertz CT molecular complexity index is 977. The third-order valence-electron chi connectivity index (χ3n) is 7.18. The van der Waals surface area contributed by atoms with Crippen molar-refractivity contribution in [2.75, 3.05) is 13.6 Å². The van der Waals surface area contributed by atoms with Gasteiger partial charge >= 0.3 is 18.6 Å². The Morgan fingerprint density at radius 3 is 2.24 bits per heavy atom. The first-order valence-electron chi connectivity index (χ1n) is 11.0. The quantitative estimate of drug-likeness (QED) is 0.551. The van der Waals surface area contributed by atoms with Crippen molar-refractivity contribution >= 4 is 53.5 Å². The number of fused-ring (bicyclic) bond motifs is 1. The Labute approximate surface area is 203 Å². The average molecular weight is 499 g/mol. The second-order valence-electron chi connectivity index (χ2n) is 9.62. The molecule has 0 unspecified atom stereocenters. The van der Waals surface area contributed by atoms with E-state index >= 15 is 0 Å². The molecule has 8 nitrogen and oxygen atoms in total. The fourth-order valence-corrected chi connectivity index (χ4v) is 5.54. The van der Waals surface area contributed by atoms with Crippen LogP contribution in [0.3, 0.4) is 0 Å². The summed E-state index contributed by atoms with van der Waals surface area (Å²) in [5.41, 5.74) is 0.167. The predicted molar refractivity (Wildman–Crippen MR) is 125 cm³/mol. The van der Waals surface area contributed by atoms with Crippen LogP contribution in [0.1, 0.15) is 50.9 Å². The van der Waals surface area contributed by atoms with E-state index in [0.29, 0.717) is 11.4 Å². The van der Waals surface area contributed by atoms with Gasteiger partial charge in [0.25, 0.3) is 5.91 Å². The lowest BCUT2D eigenvalue weighted by Gasteiger charge is -2.48. The number of halogens is 2. The molecular weight excluding hydrogens is 470 g/mol. The summed E-state index contributed by atoms with van der Waals surface area (Å²) in [6.45, 7) is 4.71. The molecule has 2 saturated heterocycles. The molecule has 180 valence electrons. The number of rotatable bonds is 8. The van der Waals surface area contributed by atoms with Crippen molar-refractivity contribution in [2.24, 2.45) is 5.92 Å². The number of carbonyl (C=O) groups is 4. The van der Waals surface area contributed by atoms with Crippen molar-refractivity contribution in [1.82, 2.24) is 5.32 Å². The highest BCUT2D eigenvalue weighted by atomic mass is 35.5. The molecule has 0 radical (unpaired) electrons. The number of hydrogen-bond donors (Lipinski definition) is 1. The Morgan fingerprint density at radius 1 is 1.12 bits per heavy atom. The number of amides is 1. The first kappa shape index (κ1) is 25.5. The predicted octanol–water partition coefficient (Wildman–Crippen LogP) is 3.37. The van der Waals surface area contributed by atoms with E-state index in [-0.39, 0.29) is 39.6 Å². The van der Waals surface area contributed by atoms with Crippen LogP contribution in [0.25, 0.3) is 0 Å². The Morgan fingerprint density at radius 2 is 1.70 bits per heavy atom. The zero-order valence-electron chi connectivity index (χ0n) is 19.4. The molecule has 0 aliphatic carbocycles. The Balaban J connectivity index is 1.80. The molecule has 2 heterocycles. The first-order valence-corrected chi connectivity index (χ1v) is 11.8. The molecule has 1 amide bonds. The van der Waals surface area contributed by atoms with Crippen molar-refractivity contribution in [3.05, 3.63) is 33.8 Å². The minimum Gasteiger partial charge on any atom is -0.600 e. The van der Waals surface area contributed by atoms with E-state index in [4.69, 9.17) is 32.5 Å². The Hall–Kier alpha value is -2.10. The lowest BCUT2D eigenvalue weighted by Crippen LogP contribution is -2.68. The van der Waals surface area contributed by atoms with Crippen LogP contribution in [0, 0.1) is 5.92 Å². The summed E-state index contributed by atoms with van der Waals surface area (Å²) >= 11 is 12.0. The number of ketones is 1. The minimum absolute atomic E-state index is 0.00713. The van der Waals surface area contributed by atoms with E-state index in [0.717, 1.165) is 0 Å².